The molecule has 1 atom stereocenters. The summed E-state index contributed by atoms with van der Waals surface area (Å²) < 4.78 is 1.58. The highest BCUT2D eigenvalue weighted by Gasteiger charge is 2.15. The Morgan fingerprint density at radius 3 is 2.86 bits per heavy atom. The molecule has 0 aliphatic carbocycles. The van der Waals surface area contributed by atoms with Crippen molar-refractivity contribution in [3.63, 3.8) is 0 Å². The van der Waals surface area contributed by atoms with Crippen LogP contribution in [0.15, 0.2) is 12.3 Å². The molecule has 0 radical (unpaired) electrons. The highest BCUT2D eigenvalue weighted by molar-refractivity contribution is 9.09. The molecule has 4 nitrogen and oxygen atoms in total. The molecule has 1 heterocycles. The molecule has 0 spiro atoms. The summed E-state index contributed by atoms with van der Waals surface area (Å²) in [6, 6.07) is 1.72. The molecule has 14 heavy (non-hydrogen) atoms. The second-order valence-corrected chi connectivity index (χ2v) is 4.87. The number of hydrogen-bond donors (Lipinski definition) is 0. The van der Waals surface area contributed by atoms with Crippen molar-refractivity contribution in [2.24, 2.45) is 7.05 Å². The summed E-state index contributed by atoms with van der Waals surface area (Å²) in [6.07, 6.45) is 1.62. The third-order valence-electron chi connectivity index (χ3n) is 1.91. The second-order valence-electron chi connectivity index (χ2n) is 3.31. The van der Waals surface area contributed by atoms with Gasteiger partial charge in [0.2, 0.25) is 0 Å². The molecule has 5 heteroatoms. The summed E-state index contributed by atoms with van der Waals surface area (Å²) in [7, 11) is 3.55. The summed E-state index contributed by atoms with van der Waals surface area (Å²) >= 11 is 3.41. The van der Waals surface area contributed by atoms with Gasteiger partial charge in [0.25, 0.3) is 5.91 Å². The Balaban J connectivity index is 2.71. The van der Waals surface area contributed by atoms with Crippen molar-refractivity contribution >= 4 is 21.8 Å². The van der Waals surface area contributed by atoms with Crippen molar-refractivity contribution in [1.82, 2.24) is 14.7 Å². The number of carbonyl (C=O) groups is 1. The lowest BCUT2D eigenvalue weighted by atomic mass is 10.3. The van der Waals surface area contributed by atoms with Crippen LogP contribution >= 0.6 is 15.9 Å². The number of nitrogens with zero attached hydrogens (tertiary/aromatic N) is 3. The van der Waals surface area contributed by atoms with E-state index in [0.717, 1.165) is 0 Å². The van der Waals surface area contributed by atoms with Gasteiger partial charge in [0.15, 0.2) is 0 Å². The molecule has 0 bridgehead atoms. The lowest BCUT2D eigenvalue weighted by Crippen LogP contribution is -2.32. The minimum Gasteiger partial charge on any atom is -0.339 e. The zero-order valence-corrected chi connectivity index (χ0v) is 10.2. The normalized spacial score (nSPS) is 12.6. The number of aromatic nitrogens is 2. The third-order valence-corrected chi connectivity index (χ3v) is 2.20. The fourth-order valence-corrected chi connectivity index (χ4v) is 1.67. The lowest BCUT2D eigenvalue weighted by molar-refractivity contribution is 0.0786. The van der Waals surface area contributed by atoms with Gasteiger partial charge in [0, 0.05) is 31.7 Å². The number of rotatable bonds is 3. The Labute approximate surface area is 92.0 Å². The predicted molar refractivity (Wildman–Crippen MR) is 58.6 cm³/mol. The first-order valence-corrected chi connectivity index (χ1v) is 5.31. The molecular formula is C9H14BrN3O. The van der Waals surface area contributed by atoms with Crippen LogP contribution in [0, 0.1) is 0 Å². The fraction of sp³-hybridized carbons (Fsp3) is 0.556. The Morgan fingerprint density at radius 1 is 1.79 bits per heavy atom. The molecule has 1 unspecified atom stereocenters. The van der Waals surface area contributed by atoms with Gasteiger partial charge in [-0.2, -0.15) is 5.10 Å². The van der Waals surface area contributed by atoms with E-state index in [1.54, 1.807) is 35.9 Å². The predicted octanol–water partition coefficient (Wildman–Crippen LogP) is 1.28. The minimum atomic E-state index is -0.00343. The van der Waals surface area contributed by atoms with E-state index in [2.05, 4.69) is 21.0 Å². The van der Waals surface area contributed by atoms with E-state index in [9.17, 15) is 4.79 Å². The number of aryl methyl sites for hydroxylation is 1. The average molecular weight is 260 g/mol. The number of alkyl halides is 1. The molecule has 1 aromatic heterocycles. The van der Waals surface area contributed by atoms with Crippen LogP contribution in [0.1, 0.15) is 17.4 Å². The number of halogens is 1. The highest BCUT2D eigenvalue weighted by Crippen LogP contribution is 2.05. The quantitative estimate of drug-likeness (QED) is 0.768. The summed E-state index contributed by atoms with van der Waals surface area (Å²) in [5.41, 5.74) is 0.612. The number of carbonyl (C=O) groups excluding carboxylic acids is 1. The molecule has 0 fully saturated rings. The first kappa shape index (κ1) is 11.2. The van der Waals surface area contributed by atoms with Crippen molar-refractivity contribution < 1.29 is 4.79 Å². The van der Waals surface area contributed by atoms with Crippen LogP contribution in [0.2, 0.25) is 0 Å². The minimum absolute atomic E-state index is 0.00343. The van der Waals surface area contributed by atoms with Crippen molar-refractivity contribution in [3.05, 3.63) is 18.0 Å². The van der Waals surface area contributed by atoms with Gasteiger partial charge in [-0.25, -0.2) is 0 Å². The molecule has 0 N–H and O–H groups in total. The van der Waals surface area contributed by atoms with Gasteiger partial charge in [0.05, 0.1) is 0 Å². The smallest absolute Gasteiger partial charge is 0.271 e. The van der Waals surface area contributed by atoms with Gasteiger partial charge in [-0.15, -0.1) is 0 Å². The van der Waals surface area contributed by atoms with Crippen molar-refractivity contribution in [2.75, 3.05) is 13.6 Å². The van der Waals surface area contributed by atoms with E-state index in [1.165, 1.54) is 0 Å². The zero-order chi connectivity index (χ0) is 10.7. The Morgan fingerprint density at radius 2 is 2.43 bits per heavy atom. The maximum atomic E-state index is 11.8. The van der Waals surface area contributed by atoms with Crippen LogP contribution in [-0.2, 0) is 7.05 Å². The average Bonchev–Trinajstić information content (AvgIpc) is 2.48. The summed E-state index contributed by atoms with van der Waals surface area (Å²) in [4.78, 5) is 13.8. The van der Waals surface area contributed by atoms with Crippen molar-refractivity contribution in [2.45, 2.75) is 11.8 Å². The van der Waals surface area contributed by atoms with Crippen LogP contribution in [0.25, 0.3) is 0 Å². The number of amides is 1. The van der Waals surface area contributed by atoms with E-state index in [-0.39, 0.29) is 5.91 Å². The van der Waals surface area contributed by atoms with E-state index in [0.29, 0.717) is 17.1 Å². The van der Waals surface area contributed by atoms with Gasteiger partial charge in [0.1, 0.15) is 5.69 Å². The lowest BCUT2D eigenvalue weighted by Gasteiger charge is -2.18. The molecule has 0 aromatic carbocycles. The molecule has 0 saturated heterocycles. The SMILES string of the molecule is CC(Br)CN(C)C(=O)c1ccnn1C. The molecule has 0 saturated carbocycles. The highest BCUT2D eigenvalue weighted by atomic mass is 79.9. The molecule has 78 valence electrons. The Bertz CT molecular complexity index is 322. The van der Waals surface area contributed by atoms with Gasteiger partial charge in [-0.05, 0) is 6.07 Å². The van der Waals surface area contributed by atoms with E-state index >= 15 is 0 Å². The fourth-order valence-electron chi connectivity index (χ4n) is 1.24. The summed E-state index contributed by atoms with van der Waals surface area (Å²) in [6.45, 7) is 2.69. The largest absolute Gasteiger partial charge is 0.339 e. The van der Waals surface area contributed by atoms with Crippen molar-refractivity contribution in [1.29, 1.82) is 0 Å². The van der Waals surface area contributed by atoms with E-state index in [4.69, 9.17) is 0 Å². The van der Waals surface area contributed by atoms with Crippen molar-refractivity contribution in [3.8, 4) is 0 Å². The van der Waals surface area contributed by atoms with Gasteiger partial charge in [-0.3, -0.25) is 9.48 Å². The van der Waals surface area contributed by atoms with Gasteiger partial charge >= 0.3 is 0 Å². The maximum absolute atomic E-state index is 11.8. The molecule has 0 aliphatic heterocycles. The molecular weight excluding hydrogens is 246 g/mol. The topological polar surface area (TPSA) is 38.1 Å². The second kappa shape index (κ2) is 4.59. The first-order valence-electron chi connectivity index (χ1n) is 4.40. The number of hydrogen-bond acceptors (Lipinski definition) is 2. The summed E-state index contributed by atoms with van der Waals surface area (Å²) in [5.74, 6) is -0.00343. The van der Waals surface area contributed by atoms with E-state index < -0.39 is 0 Å². The van der Waals surface area contributed by atoms with Gasteiger partial charge in [-0.1, -0.05) is 22.9 Å². The van der Waals surface area contributed by atoms with Crippen LogP contribution in [-0.4, -0.2) is 39.0 Å². The zero-order valence-electron chi connectivity index (χ0n) is 8.57. The Hall–Kier alpha value is -0.840. The van der Waals surface area contributed by atoms with Crippen LogP contribution in [0.3, 0.4) is 0 Å². The van der Waals surface area contributed by atoms with Gasteiger partial charge < -0.3 is 4.90 Å². The molecule has 1 amide bonds. The maximum Gasteiger partial charge on any atom is 0.271 e. The first-order chi connectivity index (χ1) is 6.52. The monoisotopic (exact) mass is 259 g/mol. The molecule has 1 aromatic rings. The Kier molecular flexibility index (Phi) is 3.69. The third kappa shape index (κ3) is 2.57. The van der Waals surface area contributed by atoms with E-state index in [1.807, 2.05) is 6.92 Å². The summed E-state index contributed by atoms with van der Waals surface area (Å²) in [5, 5.41) is 3.96. The van der Waals surface area contributed by atoms with Crippen LogP contribution < -0.4 is 0 Å². The standard InChI is InChI=1S/C9H14BrN3O/c1-7(10)6-12(2)9(14)8-4-5-11-13(8)3/h4-5,7H,6H2,1-3H3. The van der Waals surface area contributed by atoms with Crippen LogP contribution in [0.4, 0.5) is 0 Å². The van der Waals surface area contributed by atoms with Crippen LogP contribution in [0.5, 0.6) is 0 Å². The molecule has 1 rings (SSSR count). The molecule has 0 aliphatic rings.